The fourth-order valence-electron chi connectivity index (χ4n) is 2.77. The number of rotatable bonds is 2. The molecule has 19 heavy (non-hydrogen) atoms. The summed E-state index contributed by atoms with van der Waals surface area (Å²) in [5.74, 6) is 0.686. The molecule has 2 rings (SSSR count). The number of aryl methyl sites for hydroxylation is 1. The van der Waals surface area contributed by atoms with Gasteiger partial charge in [-0.05, 0) is 32.4 Å². The summed E-state index contributed by atoms with van der Waals surface area (Å²) in [6.07, 6.45) is 0. The van der Waals surface area contributed by atoms with E-state index in [4.69, 9.17) is 0 Å². The Morgan fingerprint density at radius 3 is 2.68 bits per heavy atom. The van der Waals surface area contributed by atoms with Crippen molar-refractivity contribution in [3.8, 4) is 5.75 Å². The Bertz CT molecular complexity index is 568. The minimum absolute atomic E-state index is 0.0190. The van der Waals surface area contributed by atoms with Gasteiger partial charge in [-0.3, -0.25) is 4.90 Å². The van der Waals surface area contributed by atoms with Gasteiger partial charge in [0.05, 0.1) is 11.5 Å². The highest BCUT2D eigenvalue weighted by Gasteiger charge is 2.32. The van der Waals surface area contributed by atoms with Crippen molar-refractivity contribution in [1.82, 2.24) is 4.90 Å². The van der Waals surface area contributed by atoms with Crippen LogP contribution >= 0.6 is 0 Å². The van der Waals surface area contributed by atoms with Crippen LogP contribution in [0.2, 0.25) is 0 Å². The van der Waals surface area contributed by atoms with E-state index in [9.17, 15) is 13.5 Å². The van der Waals surface area contributed by atoms with E-state index in [-0.39, 0.29) is 29.3 Å². The third-order valence-corrected chi connectivity index (χ3v) is 5.65. The van der Waals surface area contributed by atoms with Crippen molar-refractivity contribution in [3.05, 3.63) is 29.3 Å². The average Bonchev–Trinajstić information content (AvgIpc) is 2.26. The van der Waals surface area contributed by atoms with Crippen molar-refractivity contribution in [2.24, 2.45) is 0 Å². The zero-order valence-corrected chi connectivity index (χ0v) is 12.4. The van der Waals surface area contributed by atoms with Gasteiger partial charge in [-0.1, -0.05) is 12.1 Å². The Labute approximate surface area is 115 Å². The first kappa shape index (κ1) is 14.3. The number of nitrogens with zero attached hydrogens (tertiary/aromatic N) is 1. The van der Waals surface area contributed by atoms with Crippen molar-refractivity contribution < 1.29 is 13.5 Å². The van der Waals surface area contributed by atoms with E-state index >= 15 is 0 Å². The third-order valence-electron chi connectivity index (χ3n) is 3.86. The summed E-state index contributed by atoms with van der Waals surface area (Å²) in [5.41, 5.74) is 1.87. The normalized spacial score (nSPS) is 25.1. The molecule has 0 radical (unpaired) electrons. The van der Waals surface area contributed by atoms with E-state index in [1.54, 1.807) is 6.07 Å². The van der Waals surface area contributed by atoms with Crippen LogP contribution in [0.15, 0.2) is 18.2 Å². The van der Waals surface area contributed by atoms with Crippen molar-refractivity contribution in [2.45, 2.75) is 32.9 Å². The average molecular weight is 283 g/mol. The van der Waals surface area contributed by atoms with Gasteiger partial charge in [-0.25, -0.2) is 8.42 Å². The first-order valence-electron chi connectivity index (χ1n) is 6.56. The molecule has 1 N–H and O–H groups in total. The summed E-state index contributed by atoms with van der Waals surface area (Å²) < 4.78 is 23.2. The summed E-state index contributed by atoms with van der Waals surface area (Å²) >= 11 is 0. The molecule has 0 saturated carbocycles. The van der Waals surface area contributed by atoms with Crippen LogP contribution in [-0.4, -0.2) is 42.5 Å². The van der Waals surface area contributed by atoms with Gasteiger partial charge < -0.3 is 5.11 Å². The van der Waals surface area contributed by atoms with Crippen LogP contribution < -0.4 is 0 Å². The molecule has 4 nitrogen and oxygen atoms in total. The number of hydrogen-bond acceptors (Lipinski definition) is 4. The van der Waals surface area contributed by atoms with Gasteiger partial charge in [0.2, 0.25) is 0 Å². The Kier molecular flexibility index (Phi) is 3.87. The zero-order chi connectivity index (χ0) is 14.2. The number of sulfone groups is 1. The lowest BCUT2D eigenvalue weighted by Gasteiger charge is -2.38. The largest absolute Gasteiger partial charge is 0.508 e. The fraction of sp³-hybridized carbons (Fsp3) is 0.571. The second-order valence-corrected chi connectivity index (χ2v) is 7.67. The molecule has 1 aromatic carbocycles. The lowest BCUT2D eigenvalue weighted by Crippen LogP contribution is -2.47. The van der Waals surface area contributed by atoms with Crippen LogP contribution in [0.1, 0.15) is 31.0 Å². The minimum atomic E-state index is -2.90. The van der Waals surface area contributed by atoms with E-state index in [0.717, 1.165) is 11.1 Å². The van der Waals surface area contributed by atoms with Crippen LogP contribution in [-0.2, 0) is 9.84 Å². The smallest absolute Gasteiger partial charge is 0.153 e. The predicted octanol–water partition coefficient (Wildman–Crippen LogP) is 1.88. The summed E-state index contributed by atoms with van der Waals surface area (Å²) in [4.78, 5) is 2.14. The maximum absolute atomic E-state index is 11.6. The van der Waals surface area contributed by atoms with Gasteiger partial charge in [0, 0.05) is 24.2 Å². The first-order chi connectivity index (χ1) is 8.80. The van der Waals surface area contributed by atoms with Crippen molar-refractivity contribution in [2.75, 3.05) is 18.1 Å². The number of aromatic hydroxyl groups is 1. The van der Waals surface area contributed by atoms with E-state index in [1.807, 2.05) is 32.9 Å². The van der Waals surface area contributed by atoms with Gasteiger partial charge >= 0.3 is 0 Å². The van der Waals surface area contributed by atoms with E-state index in [2.05, 4.69) is 4.90 Å². The molecule has 0 bridgehead atoms. The maximum Gasteiger partial charge on any atom is 0.153 e. The van der Waals surface area contributed by atoms with Crippen LogP contribution in [0.25, 0.3) is 0 Å². The number of phenolic OH excluding ortho intramolecular Hbond substituents is 1. The van der Waals surface area contributed by atoms with E-state index in [1.165, 1.54) is 0 Å². The van der Waals surface area contributed by atoms with Crippen molar-refractivity contribution in [3.63, 3.8) is 0 Å². The van der Waals surface area contributed by atoms with Crippen molar-refractivity contribution in [1.29, 1.82) is 0 Å². The van der Waals surface area contributed by atoms with Gasteiger partial charge in [-0.2, -0.15) is 0 Å². The topological polar surface area (TPSA) is 57.6 Å². The van der Waals surface area contributed by atoms with E-state index in [0.29, 0.717) is 6.54 Å². The highest BCUT2D eigenvalue weighted by Crippen LogP contribution is 2.31. The Hall–Kier alpha value is -1.07. The van der Waals surface area contributed by atoms with Crippen LogP contribution in [0, 0.1) is 6.92 Å². The summed E-state index contributed by atoms with van der Waals surface area (Å²) in [7, 11) is -2.90. The summed E-state index contributed by atoms with van der Waals surface area (Å²) in [5, 5.41) is 10.0. The van der Waals surface area contributed by atoms with Crippen LogP contribution in [0.3, 0.4) is 0 Å². The molecule has 2 atom stereocenters. The molecule has 1 aliphatic rings. The zero-order valence-electron chi connectivity index (χ0n) is 11.6. The van der Waals surface area contributed by atoms with Crippen LogP contribution in [0.4, 0.5) is 0 Å². The lowest BCUT2D eigenvalue weighted by molar-refractivity contribution is 0.167. The first-order valence-corrected chi connectivity index (χ1v) is 8.38. The molecule has 1 aromatic rings. The Morgan fingerprint density at radius 1 is 1.42 bits per heavy atom. The number of phenols is 1. The van der Waals surface area contributed by atoms with Gasteiger partial charge in [0.25, 0.3) is 0 Å². The molecular weight excluding hydrogens is 262 g/mol. The van der Waals surface area contributed by atoms with Gasteiger partial charge in [0.15, 0.2) is 9.84 Å². The quantitative estimate of drug-likeness (QED) is 0.900. The second-order valence-electron chi connectivity index (χ2n) is 5.44. The SMILES string of the molecule is Cc1ccc(C(C)N2CCS(=O)(=O)CC2C)c(O)c1. The molecule has 106 valence electrons. The highest BCUT2D eigenvalue weighted by atomic mass is 32.2. The highest BCUT2D eigenvalue weighted by molar-refractivity contribution is 7.91. The van der Waals surface area contributed by atoms with E-state index < -0.39 is 9.84 Å². The Morgan fingerprint density at radius 2 is 2.11 bits per heavy atom. The third kappa shape index (κ3) is 3.09. The predicted molar refractivity (Wildman–Crippen MR) is 76.1 cm³/mol. The molecular formula is C14H21NO3S. The fourth-order valence-corrected chi connectivity index (χ4v) is 4.35. The monoisotopic (exact) mass is 283 g/mol. The lowest BCUT2D eigenvalue weighted by atomic mass is 10.0. The standard InChI is InChI=1S/C14H21NO3S/c1-10-4-5-13(14(16)8-10)12(3)15-6-7-19(17,18)9-11(15)2/h4-5,8,11-12,16H,6-7,9H2,1-3H3. The van der Waals surface area contributed by atoms with Gasteiger partial charge in [0.1, 0.15) is 5.75 Å². The molecule has 1 heterocycles. The molecule has 0 aliphatic carbocycles. The molecule has 5 heteroatoms. The number of hydrogen-bond donors (Lipinski definition) is 1. The van der Waals surface area contributed by atoms with Gasteiger partial charge in [-0.15, -0.1) is 0 Å². The molecule has 0 spiro atoms. The summed E-state index contributed by atoms with van der Waals surface area (Å²) in [6, 6.07) is 5.64. The molecule has 1 aliphatic heterocycles. The van der Waals surface area contributed by atoms with Crippen molar-refractivity contribution >= 4 is 9.84 Å². The Balaban J connectivity index is 2.22. The summed E-state index contributed by atoms with van der Waals surface area (Å²) in [6.45, 7) is 6.40. The number of benzene rings is 1. The minimum Gasteiger partial charge on any atom is -0.508 e. The molecule has 1 fully saturated rings. The molecule has 1 saturated heterocycles. The second kappa shape index (κ2) is 5.13. The molecule has 0 aromatic heterocycles. The maximum atomic E-state index is 11.6. The molecule has 2 unspecified atom stereocenters. The molecule has 0 amide bonds. The van der Waals surface area contributed by atoms with Crippen LogP contribution in [0.5, 0.6) is 5.75 Å².